The highest BCUT2D eigenvalue weighted by Crippen LogP contribution is 2.48. The first-order chi connectivity index (χ1) is 17.5. The Morgan fingerprint density at radius 3 is 2.49 bits per heavy atom. The summed E-state index contributed by atoms with van der Waals surface area (Å²) in [5, 5.41) is 11.0. The van der Waals surface area contributed by atoms with Crippen LogP contribution in [-0.4, -0.2) is 67.8 Å². The zero-order valence-electron chi connectivity index (χ0n) is 22.3. The Hall–Kier alpha value is -2.85. The molecule has 1 N–H and O–H groups in total. The fraction of sp³-hybridized carbons (Fsp3) is 0.536. The van der Waals surface area contributed by atoms with Crippen LogP contribution in [0.5, 0.6) is 0 Å². The van der Waals surface area contributed by atoms with E-state index in [-0.39, 0.29) is 12.8 Å². The summed E-state index contributed by atoms with van der Waals surface area (Å²) in [5.74, 6) is -2.88. The highest BCUT2D eigenvalue weighted by Gasteiger charge is 2.59. The maximum Gasteiger partial charge on any atom is 0.330 e. The van der Waals surface area contributed by atoms with E-state index >= 15 is 0 Å². The van der Waals surface area contributed by atoms with Crippen LogP contribution in [0.3, 0.4) is 0 Å². The number of hydrogen-bond donors (Lipinski definition) is 1. The molecule has 1 saturated heterocycles. The lowest BCUT2D eigenvalue weighted by Gasteiger charge is -2.53. The van der Waals surface area contributed by atoms with Gasteiger partial charge in [-0.05, 0) is 30.6 Å². The van der Waals surface area contributed by atoms with Crippen molar-refractivity contribution in [1.29, 1.82) is 0 Å². The summed E-state index contributed by atoms with van der Waals surface area (Å²) in [7, 11) is 2.64. The molecule has 9 nitrogen and oxygen atoms in total. The minimum absolute atomic E-state index is 0.139. The number of benzene rings is 1. The van der Waals surface area contributed by atoms with E-state index in [1.807, 2.05) is 30.3 Å². The van der Waals surface area contributed by atoms with Crippen LogP contribution in [0.4, 0.5) is 0 Å². The molecular formula is C28H38O9. The molecule has 5 atom stereocenters. The molecule has 204 valence electrons. The van der Waals surface area contributed by atoms with Crippen LogP contribution >= 0.6 is 0 Å². The molecule has 0 amide bonds. The number of carbonyl (C=O) groups excluding carboxylic acids is 3. The number of methoxy groups -OCH3 is 2. The minimum Gasteiger partial charge on any atom is -0.466 e. The third kappa shape index (κ3) is 7.82. The summed E-state index contributed by atoms with van der Waals surface area (Å²) in [5.41, 5.74) is 0.361. The van der Waals surface area contributed by atoms with Crippen molar-refractivity contribution in [2.24, 2.45) is 5.41 Å². The lowest BCUT2D eigenvalue weighted by Crippen LogP contribution is -2.63. The van der Waals surface area contributed by atoms with E-state index in [9.17, 15) is 19.5 Å². The van der Waals surface area contributed by atoms with Gasteiger partial charge in [0.15, 0.2) is 6.10 Å². The van der Waals surface area contributed by atoms with Crippen LogP contribution in [0.2, 0.25) is 0 Å². The van der Waals surface area contributed by atoms with Crippen molar-refractivity contribution < 1.29 is 43.2 Å². The molecule has 0 saturated carbocycles. The fourth-order valence-electron chi connectivity index (χ4n) is 4.44. The molecule has 2 rings (SSSR count). The van der Waals surface area contributed by atoms with Gasteiger partial charge in [0.25, 0.3) is 0 Å². The van der Waals surface area contributed by atoms with E-state index in [2.05, 4.69) is 0 Å². The number of aliphatic hydroxyl groups is 1. The number of allylic oxidation sites excluding steroid dienone is 1. The molecule has 1 fully saturated rings. The highest BCUT2D eigenvalue weighted by molar-refractivity contribution is 5.83. The Balaban J connectivity index is 2.39. The van der Waals surface area contributed by atoms with E-state index in [0.29, 0.717) is 18.5 Å². The normalized spacial score (nSPS) is 25.0. The van der Waals surface area contributed by atoms with Crippen molar-refractivity contribution in [1.82, 2.24) is 0 Å². The van der Waals surface area contributed by atoms with E-state index in [1.54, 1.807) is 26.8 Å². The molecule has 0 aliphatic carbocycles. The summed E-state index contributed by atoms with van der Waals surface area (Å²) >= 11 is 0. The summed E-state index contributed by atoms with van der Waals surface area (Å²) in [6.45, 7) is 6.86. The van der Waals surface area contributed by atoms with Crippen LogP contribution in [0, 0.1) is 5.41 Å². The molecule has 9 heteroatoms. The summed E-state index contributed by atoms with van der Waals surface area (Å²) in [6, 6.07) is 9.61. The Bertz CT molecular complexity index is 969. The largest absolute Gasteiger partial charge is 0.466 e. The molecule has 0 bridgehead atoms. The number of hydrogen-bond acceptors (Lipinski definition) is 9. The SMILES string of the molecule is COC(=O)/C=C1\C[C@@H](C[C@@H](O)[C@@H](C)OCc2ccccc2)O[C@@](OC)(C(C)(C)/C=C/C=O)C1OC(C)=O. The van der Waals surface area contributed by atoms with E-state index in [1.165, 1.54) is 33.3 Å². The fourth-order valence-corrected chi connectivity index (χ4v) is 4.44. The van der Waals surface area contributed by atoms with Crippen molar-refractivity contribution >= 4 is 18.2 Å². The van der Waals surface area contributed by atoms with Crippen molar-refractivity contribution in [3.05, 3.63) is 59.7 Å². The van der Waals surface area contributed by atoms with E-state index in [0.717, 1.165) is 5.56 Å². The number of ether oxygens (including phenoxy) is 5. The monoisotopic (exact) mass is 518 g/mol. The van der Waals surface area contributed by atoms with Crippen LogP contribution in [-0.2, 0) is 44.7 Å². The molecule has 1 aliphatic heterocycles. The van der Waals surface area contributed by atoms with Gasteiger partial charge >= 0.3 is 11.9 Å². The third-order valence-electron chi connectivity index (χ3n) is 6.47. The second-order valence-electron chi connectivity index (χ2n) is 9.57. The maximum absolute atomic E-state index is 12.2. The first-order valence-electron chi connectivity index (χ1n) is 12.1. The number of carbonyl (C=O) groups is 3. The molecule has 1 aliphatic rings. The standard InChI is InChI=1S/C28H38O9/c1-19(35-18-21-11-8-7-9-12-21)24(31)17-23-15-22(16-25(32)33-5)26(36-20(2)30)28(34-6,37-23)27(3,4)13-10-14-29/h7-14,16,19,23-24,26,31H,15,17-18H2,1-6H3/b13-10+,22-16+/t19-,23+,24-,26?,28-/m1/s1. The number of esters is 2. The van der Waals surface area contributed by atoms with Crippen molar-refractivity contribution in [3.8, 4) is 0 Å². The smallest absolute Gasteiger partial charge is 0.330 e. The van der Waals surface area contributed by atoms with Crippen molar-refractivity contribution in [2.75, 3.05) is 14.2 Å². The molecular weight excluding hydrogens is 480 g/mol. The summed E-state index contributed by atoms with van der Waals surface area (Å²) in [4.78, 5) is 35.4. The van der Waals surface area contributed by atoms with Gasteiger partial charge in [-0.25, -0.2) is 4.79 Å². The molecule has 1 unspecified atom stereocenters. The Kier molecular flexibility index (Phi) is 11.2. The average molecular weight is 519 g/mol. The molecule has 37 heavy (non-hydrogen) atoms. The van der Waals surface area contributed by atoms with Gasteiger partial charge in [0.05, 0.1) is 32.0 Å². The third-order valence-corrected chi connectivity index (χ3v) is 6.47. The topological polar surface area (TPSA) is 118 Å². The van der Waals surface area contributed by atoms with Crippen LogP contribution in [0.15, 0.2) is 54.1 Å². The van der Waals surface area contributed by atoms with E-state index in [4.69, 9.17) is 23.7 Å². The van der Waals surface area contributed by atoms with Gasteiger partial charge in [-0.3, -0.25) is 9.59 Å². The van der Waals surface area contributed by atoms with Gasteiger partial charge in [-0.2, -0.15) is 0 Å². The van der Waals surface area contributed by atoms with Gasteiger partial charge in [0.2, 0.25) is 5.79 Å². The minimum atomic E-state index is -1.63. The lowest BCUT2D eigenvalue weighted by molar-refractivity contribution is -0.338. The van der Waals surface area contributed by atoms with Crippen LogP contribution in [0.1, 0.15) is 46.1 Å². The van der Waals surface area contributed by atoms with Gasteiger partial charge in [-0.15, -0.1) is 0 Å². The maximum atomic E-state index is 12.2. The highest BCUT2D eigenvalue weighted by atomic mass is 16.7. The Labute approximate surface area is 218 Å². The zero-order chi connectivity index (χ0) is 27.6. The van der Waals surface area contributed by atoms with Gasteiger partial charge in [-0.1, -0.05) is 50.3 Å². The predicted molar refractivity (Wildman–Crippen MR) is 135 cm³/mol. The van der Waals surface area contributed by atoms with Crippen LogP contribution < -0.4 is 0 Å². The molecule has 0 radical (unpaired) electrons. The first kappa shape index (κ1) is 30.4. The zero-order valence-corrected chi connectivity index (χ0v) is 22.3. The van der Waals surface area contributed by atoms with Crippen molar-refractivity contribution in [3.63, 3.8) is 0 Å². The van der Waals surface area contributed by atoms with Crippen molar-refractivity contribution in [2.45, 2.75) is 77.3 Å². The first-order valence-corrected chi connectivity index (χ1v) is 12.1. The predicted octanol–water partition coefficient (Wildman–Crippen LogP) is 3.29. The van der Waals surface area contributed by atoms with Gasteiger partial charge < -0.3 is 28.8 Å². The Morgan fingerprint density at radius 2 is 1.92 bits per heavy atom. The lowest BCUT2D eigenvalue weighted by atomic mass is 9.74. The molecule has 0 spiro atoms. The second-order valence-corrected chi connectivity index (χ2v) is 9.57. The number of aldehydes is 1. The molecule has 1 heterocycles. The molecule has 0 aromatic heterocycles. The second kappa shape index (κ2) is 13.6. The number of rotatable bonds is 12. The van der Waals surface area contributed by atoms with E-state index < -0.39 is 47.6 Å². The van der Waals surface area contributed by atoms with Gasteiger partial charge in [0, 0.05) is 31.9 Å². The Morgan fingerprint density at radius 1 is 1.24 bits per heavy atom. The molecule has 1 aromatic carbocycles. The summed E-state index contributed by atoms with van der Waals surface area (Å²) in [6.07, 6.45) is 1.84. The number of aliphatic hydroxyl groups excluding tert-OH is 1. The van der Waals surface area contributed by atoms with Gasteiger partial charge in [0.1, 0.15) is 6.29 Å². The quantitative estimate of drug-likeness (QED) is 0.253. The average Bonchev–Trinajstić information content (AvgIpc) is 2.87. The van der Waals surface area contributed by atoms with Crippen LogP contribution in [0.25, 0.3) is 0 Å². The molecule has 1 aromatic rings. The summed E-state index contributed by atoms with van der Waals surface area (Å²) < 4.78 is 28.7.